The number of fused-ring (bicyclic) bond motifs is 1. The lowest BCUT2D eigenvalue weighted by Crippen LogP contribution is -2.17. The normalized spacial score (nSPS) is 11.3. The average Bonchev–Trinajstić information content (AvgIpc) is 2.62. The van der Waals surface area contributed by atoms with Gasteiger partial charge in [0.25, 0.3) is 5.78 Å². The van der Waals surface area contributed by atoms with Crippen molar-refractivity contribution in [2.45, 2.75) is 19.8 Å². The van der Waals surface area contributed by atoms with E-state index in [2.05, 4.69) is 28.9 Å². The maximum atomic E-state index is 4.27. The Morgan fingerprint density at radius 1 is 1.27 bits per heavy atom. The molecule has 2 heterocycles. The zero-order valence-electron chi connectivity index (χ0n) is 9.47. The molecule has 0 aliphatic heterocycles. The maximum absolute atomic E-state index is 4.27. The van der Waals surface area contributed by atoms with Gasteiger partial charge in [-0.25, -0.2) is 4.98 Å². The van der Waals surface area contributed by atoms with Gasteiger partial charge in [-0.1, -0.05) is 13.8 Å². The number of rotatable bonds is 2. The van der Waals surface area contributed by atoms with Crippen LogP contribution in [0.2, 0.25) is 0 Å². The molecule has 0 aliphatic rings. The summed E-state index contributed by atoms with van der Waals surface area (Å²) in [5.74, 6) is 2.11. The second-order valence-corrected chi connectivity index (χ2v) is 4.06. The predicted octanol–water partition coefficient (Wildman–Crippen LogP) is 1.31. The minimum atomic E-state index is 0.420. The highest BCUT2D eigenvalue weighted by Gasteiger charge is 2.14. The first-order valence-electron chi connectivity index (χ1n) is 4.97. The van der Waals surface area contributed by atoms with Gasteiger partial charge in [-0.2, -0.15) is 14.6 Å². The van der Waals surface area contributed by atoms with Crippen LogP contribution in [0.1, 0.15) is 25.3 Å². The molecule has 0 amide bonds. The Kier molecular flexibility index (Phi) is 2.30. The zero-order chi connectivity index (χ0) is 11.0. The van der Waals surface area contributed by atoms with Crippen LogP contribution in [0.5, 0.6) is 0 Å². The van der Waals surface area contributed by atoms with Crippen molar-refractivity contribution in [3.8, 4) is 0 Å². The summed E-state index contributed by atoms with van der Waals surface area (Å²) < 4.78 is 1.77. The van der Waals surface area contributed by atoms with Gasteiger partial charge >= 0.3 is 0 Å². The Hall–Kier alpha value is -1.65. The van der Waals surface area contributed by atoms with E-state index in [0.29, 0.717) is 11.7 Å². The van der Waals surface area contributed by atoms with Crippen molar-refractivity contribution in [2.75, 3.05) is 19.0 Å². The summed E-state index contributed by atoms with van der Waals surface area (Å²) in [6.07, 6.45) is 3.41. The van der Waals surface area contributed by atoms with Gasteiger partial charge in [-0.05, 0) is 5.92 Å². The van der Waals surface area contributed by atoms with Gasteiger partial charge in [0, 0.05) is 25.9 Å². The third-order valence-electron chi connectivity index (χ3n) is 2.35. The second-order valence-electron chi connectivity index (χ2n) is 4.06. The number of aromatic nitrogens is 4. The van der Waals surface area contributed by atoms with Crippen LogP contribution in [0.3, 0.4) is 0 Å². The van der Waals surface area contributed by atoms with Crippen LogP contribution in [-0.4, -0.2) is 33.7 Å². The maximum Gasteiger partial charge on any atom is 0.254 e. The van der Waals surface area contributed by atoms with Gasteiger partial charge in [0.05, 0.1) is 0 Å². The van der Waals surface area contributed by atoms with Gasteiger partial charge < -0.3 is 4.90 Å². The molecule has 2 aromatic heterocycles. The van der Waals surface area contributed by atoms with Gasteiger partial charge in [-0.3, -0.25) is 0 Å². The van der Waals surface area contributed by atoms with Crippen molar-refractivity contribution in [3.63, 3.8) is 0 Å². The molecule has 0 unspecified atom stereocenters. The molecule has 0 radical (unpaired) electrons. The smallest absolute Gasteiger partial charge is 0.254 e. The molecule has 0 saturated carbocycles. The van der Waals surface area contributed by atoms with Crippen LogP contribution in [0.25, 0.3) is 5.78 Å². The summed E-state index contributed by atoms with van der Waals surface area (Å²) in [5, 5.41) is 4.18. The molecule has 0 atom stereocenters. The van der Waals surface area contributed by atoms with E-state index in [1.165, 1.54) is 11.9 Å². The Bertz CT molecular complexity index is 472. The Morgan fingerprint density at radius 3 is 2.60 bits per heavy atom. The van der Waals surface area contributed by atoms with Crippen LogP contribution in [0.15, 0.2) is 12.5 Å². The van der Waals surface area contributed by atoms with Gasteiger partial charge in [0.1, 0.15) is 12.1 Å². The summed E-state index contributed by atoms with van der Waals surface area (Å²) >= 11 is 0. The van der Waals surface area contributed by atoms with Crippen molar-refractivity contribution < 1.29 is 0 Å². The van der Waals surface area contributed by atoms with Crippen molar-refractivity contribution >= 4 is 11.6 Å². The fourth-order valence-electron chi connectivity index (χ4n) is 1.64. The van der Waals surface area contributed by atoms with Crippen LogP contribution < -0.4 is 4.90 Å². The average molecular weight is 205 g/mol. The van der Waals surface area contributed by atoms with E-state index in [1.54, 1.807) is 4.52 Å². The topological polar surface area (TPSA) is 46.3 Å². The first-order chi connectivity index (χ1) is 7.11. The zero-order valence-corrected chi connectivity index (χ0v) is 9.47. The molecule has 15 heavy (non-hydrogen) atoms. The molecule has 0 spiro atoms. The third-order valence-corrected chi connectivity index (χ3v) is 2.35. The predicted molar refractivity (Wildman–Crippen MR) is 59.2 cm³/mol. The molecular formula is C10H15N5. The van der Waals surface area contributed by atoms with E-state index in [0.717, 1.165) is 5.82 Å². The highest BCUT2D eigenvalue weighted by molar-refractivity contribution is 5.51. The molecule has 5 heteroatoms. The SMILES string of the molecule is CC(C)c1cnc2ncnn2c1N(C)C. The molecule has 2 aromatic rings. The quantitative estimate of drug-likeness (QED) is 0.741. The fourth-order valence-corrected chi connectivity index (χ4v) is 1.64. The van der Waals surface area contributed by atoms with Crippen LogP contribution in [-0.2, 0) is 0 Å². The van der Waals surface area contributed by atoms with Gasteiger partial charge in [-0.15, -0.1) is 0 Å². The first-order valence-corrected chi connectivity index (χ1v) is 4.97. The third kappa shape index (κ3) is 1.54. The Balaban J connectivity index is 2.75. The molecule has 0 bridgehead atoms. The second kappa shape index (κ2) is 3.49. The first kappa shape index (κ1) is 9.89. The largest absolute Gasteiger partial charge is 0.362 e. The molecule has 80 valence electrons. The lowest BCUT2D eigenvalue weighted by atomic mass is 10.1. The van der Waals surface area contributed by atoms with E-state index < -0.39 is 0 Å². The molecule has 2 rings (SSSR count). The van der Waals surface area contributed by atoms with E-state index in [4.69, 9.17) is 0 Å². The minimum absolute atomic E-state index is 0.420. The van der Waals surface area contributed by atoms with Crippen LogP contribution in [0, 0.1) is 0 Å². The van der Waals surface area contributed by atoms with Crippen molar-refractivity contribution in [1.29, 1.82) is 0 Å². The molecule has 0 N–H and O–H groups in total. The monoisotopic (exact) mass is 205 g/mol. The van der Waals surface area contributed by atoms with Crippen molar-refractivity contribution in [2.24, 2.45) is 0 Å². The molecule has 0 aromatic carbocycles. The molecular weight excluding hydrogens is 190 g/mol. The summed E-state index contributed by atoms with van der Waals surface area (Å²) in [5.41, 5.74) is 1.18. The number of anilines is 1. The number of nitrogens with zero attached hydrogens (tertiary/aromatic N) is 5. The van der Waals surface area contributed by atoms with Crippen LogP contribution >= 0.6 is 0 Å². The van der Waals surface area contributed by atoms with Gasteiger partial charge in [0.15, 0.2) is 0 Å². The number of hydrogen-bond acceptors (Lipinski definition) is 4. The molecule has 0 fully saturated rings. The van der Waals surface area contributed by atoms with Crippen molar-refractivity contribution in [3.05, 3.63) is 18.1 Å². The Morgan fingerprint density at radius 2 is 2.00 bits per heavy atom. The van der Waals surface area contributed by atoms with E-state index >= 15 is 0 Å². The van der Waals surface area contributed by atoms with E-state index in [9.17, 15) is 0 Å². The number of hydrogen-bond donors (Lipinski definition) is 0. The van der Waals surface area contributed by atoms with Crippen molar-refractivity contribution in [1.82, 2.24) is 19.6 Å². The lowest BCUT2D eigenvalue weighted by molar-refractivity contribution is 0.803. The summed E-state index contributed by atoms with van der Waals surface area (Å²) in [4.78, 5) is 10.4. The van der Waals surface area contributed by atoms with E-state index in [-0.39, 0.29) is 0 Å². The highest BCUT2D eigenvalue weighted by Crippen LogP contribution is 2.24. The van der Waals surface area contributed by atoms with Crippen LogP contribution in [0.4, 0.5) is 5.82 Å². The highest BCUT2D eigenvalue weighted by atomic mass is 15.4. The van der Waals surface area contributed by atoms with Gasteiger partial charge in [0.2, 0.25) is 0 Å². The fraction of sp³-hybridized carbons (Fsp3) is 0.500. The standard InChI is InChI=1S/C10H15N5/c1-7(2)8-5-11-10-12-6-13-15(10)9(8)14(3)4/h5-7H,1-4H3. The molecule has 0 saturated heterocycles. The summed E-state index contributed by atoms with van der Waals surface area (Å²) in [6, 6.07) is 0. The Labute approximate surface area is 88.8 Å². The molecule has 5 nitrogen and oxygen atoms in total. The summed E-state index contributed by atoms with van der Waals surface area (Å²) in [7, 11) is 4.00. The van der Waals surface area contributed by atoms with E-state index in [1.807, 2.05) is 25.2 Å². The minimum Gasteiger partial charge on any atom is -0.362 e. The lowest BCUT2D eigenvalue weighted by Gasteiger charge is -2.19. The summed E-state index contributed by atoms with van der Waals surface area (Å²) in [6.45, 7) is 4.29. The molecule has 0 aliphatic carbocycles.